The average Bonchev–Trinajstić information content (AvgIpc) is 3.28. The summed E-state index contributed by atoms with van der Waals surface area (Å²) in [6, 6.07) is 14.7. The molecular formula is C32H34ClN3O5. The number of aliphatic hydroxyl groups excluding tert-OH is 1. The summed E-state index contributed by atoms with van der Waals surface area (Å²) in [5, 5.41) is 10.9. The minimum atomic E-state index is -1.39. The zero-order valence-corrected chi connectivity index (χ0v) is 23.9. The number of likely N-dealkylation sites (tertiary alicyclic amines) is 1. The van der Waals surface area contributed by atoms with E-state index in [2.05, 4.69) is 0 Å². The number of rotatable bonds is 6. The molecule has 6 rings (SSSR count). The van der Waals surface area contributed by atoms with Crippen LogP contribution in [0.1, 0.15) is 20.3 Å². The van der Waals surface area contributed by atoms with Gasteiger partial charge < -0.3 is 24.5 Å². The molecule has 0 aliphatic carbocycles. The molecule has 2 saturated heterocycles. The molecule has 214 valence electrons. The summed E-state index contributed by atoms with van der Waals surface area (Å²) in [5.74, 6) is -2.55. The molecule has 9 heteroatoms. The highest BCUT2D eigenvalue weighted by molar-refractivity contribution is 6.34. The van der Waals surface area contributed by atoms with E-state index in [0.717, 1.165) is 5.69 Å². The smallest absolute Gasteiger partial charge is 0.253 e. The van der Waals surface area contributed by atoms with Crippen molar-refractivity contribution in [1.29, 1.82) is 0 Å². The van der Waals surface area contributed by atoms with E-state index in [9.17, 15) is 19.5 Å². The first-order valence-electron chi connectivity index (χ1n) is 14.2. The second kappa shape index (κ2) is 10.7. The summed E-state index contributed by atoms with van der Waals surface area (Å²) in [7, 11) is 0. The Morgan fingerprint density at radius 1 is 0.951 bits per heavy atom. The van der Waals surface area contributed by atoms with Crippen LogP contribution in [0.25, 0.3) is 0 Å². The van der Waals surface area contributed by atoms with Gasteiger partial charge in [0.25, 0.3) is 5.91 Å². The number of carbonyl (C=O) groups is 3. The molecule has 2 fully saturated rings. The van der Waals surface area contributed by atoms with E-state index < -0.39 is 35.6 Å². The fraction of sp³-hybridized carbons (Fsp3) is 0.406. The lowest BCUT2D eigenvalue weighted by Crippen LogP contribution is -2.58. The number of nitrogens with zero attached hydrogens (tertiary/aromatic N) is 3. The number of aliphatic hydroxyl groups is 1. The highest BCUT2D eigenvalue weighted by Crippen LogP contribution is 2.54. The maximum absolute atomic E-state index is 14.6. The first kappa shape index (κ1) is 27.7. The second-order valence-electron chi connectivity index (χ2n) is 11.6. The number of ether oxygens (including phenoxy) is 1. The van der Waals surface area contributed by atoms with Gasteiger partial charge in [0, 0.05) is 18.8 Å². The lowest BCUT2D eigenvalue weighted by atomic mass is 9.77. The summed E-state index contributed by atoms with van der Waals surface area (Å²) >= 11 is 6.53. The summed E-state index contributed by atoms with van der Waals surface area (Å²) < 4.78 is 6.73. The normalized spacial score (nSPS) is 29.9. The SMILES string of the molecule is CC(C)C[C@H](CO)N1C(=O)[C@@H]2[C@H]3C(=O)N(c4ccccc4)CC=C[C@H]3O[C@@]23C=CCN(c2ccccc2Cl)C(=O)C13. The van der Waals surface area contributed by atoms with Gasteiger partial charge >= 0.3 is 0 Å². The van der Waals surface area contributed by atoms with Crippen molar-refractivity contribution in [3.8, 4) is 0 Å². The van der Waals surface area contributed by atoms with Crippen molar-refractivity contribution in [2.45, 2.75) is 44.1 Å². The predicted molar refractivity (Wildman–Crippen MR) is 156 cm³/mol. The topological polar surface area (TPSA) is 90.4 Å². The first-order valence-corrected chi connectivity index (χ1v) is 14.5. The Morgan fingerprint density at radius 2 is 1.66 bits per heavy atom. The molecule has 0 aromatic heterocycles. The largest absolute Gasteiger partial charge is 0.394 e. The van der Waals surface area contributed by atoms with E-state index in [4.69, 9.17) is 16.3 Å². The van der Waals surface area contributed by atoms with E-state index in [0.29, 0.717) is 23.7 Å². The molecule has 2 aromatic carbocycles. The molecule has 1 N–H and O–H groups in total. The molecule has 0 bridgehead atoms. The highest BCUT2D eigenvalue weighted by Gasteiger charge is 2.72. The molecule has 3 amide bonds. The van der Waals surface area contributed by atoms with Crippen LogP contribution >= 0.6 is 11.6 Å². The quantitative estimate of drug-likeness (QED) is 0.529. The van der Waals surface area contributed by atoms with E-state index in [-0.39, 0.29) is 36.8 Å². The maximum Gasteiger partial charge on any atom is 0.253 e. The number of benzene rings is 2. The van der Waals surface area contributed by atoms with Crippen molar-refractivity contribution in [2.24, 2.45) is 17.8 Å². The Hall–Kier alpha value is -3.46. The lowest BCUT2D eigenvalue weighted by molar-refractivity contribution is -0.144. The van der Waals surface area contributed by atoms with Crippen LogP contribution in [0.5, 0.6) is 0 Å². The van der Waals surface area contributed by atoms with Crippen LogP contribution in [0, 0.1) is 17.8 Å². The highest BCUT2D eigenvalue weighted by atomic mass is 35.5. The number of anilines is 2. The van der Waals surface area contributed by atoms with E-state index in [1.165, 1.54) is 4.90 Å². The molecule has 1 spiro atoms. The molecule has 8 nitrogen and oxygen atoms in total. The standard InChI is InChI=1S/C32H34ClN3O5/c1-20(2)18-22(19-37)36-28-31(40)35(24-13-7-6-12-23(24)33)17-9-15-32(28)27(30(36)39)26-25(41-32)14-8-16-34(29(26)38)21-10-4-3-5-11-21/h3-15,20,22,25-28,37H,16-19H2,1-2H3/t22-,25-,26+,27+,28?,32+/m1/s1. The van der Waals surface area contributed by atoms with Crippen LogP contribution in [-0.4, -0.2) is 71.2 Å². The van der Waals surface area contributed by atoms with Gasteiger partial charge in [-0.3, -0.25) is 14.4 Å². The molecule has 2 aromatic rings. The summed E-state index contributed by atoms with van der Waals surface area (Å²) in [5.41, 5.74) is -0.128. The monoisotopic (exact) mass is 575 g/mol. The molecule has 4 heterocycles. The van der Waals surface area contributed by atoms with Crippen molar-refractivity contribution < 1.29 is 24.2 Å². The number of hydrogen-bond donors (Lipinski definition) is 1. The van der Waals surface area contributed by atoms with E-state index in [1.807, 2.05) is 62.4 Å². The number of hydrogen-bond acceptors (Lipinski definition) is 5. The summed E-state index contributed by atoms with van der Waals surface area (Å²) in [6.45, 7) is 4.28. The Labute approximate surface area is 244 Å². The zero-order valence-electron chi connectivity index (χ0n) is 23.1. The van der Waals surface area contributed by atoms with Crippen molar-refractivity contribution in [3.05, 3.63) is 83.9 Å². The Bertz CT molecular complexity index is 1410. The average molecular weight is 576 g/mol. The van der Waals surface area contributed by atoms with Crippen molar-refractivity contribution in [3.63, 3.8) is 0 Å². The van der Waals surface area contributed by atoms with Crippen LogP contribution in [0.3, 0.4) is 0 Å². The molecular weight excluding hydrogens is 542 g/mol. The van der Waals surface area contributed by atoms with Crippen molar-refractivity contribution in [1.82, 2.24) is 4.90 Å². The molecule has 4 aliphatic rings. The number of carbonyl (C=O) groups excluding carboxylic acids is 3. The van der Waals surface area contributed by atoms with Gasteiger partial charge in [-0.15, -0.1) is 0 Å². The number of fused-ring (bicyclic) bond motifs is 2. The van der Waals surface area contributed by atoms with Crippen LogP contribution in [0.4, 0.5) is 11.4 Å². The van der Waals surface area contributed by atoms with Gasteiger partial charge in [0.1, 0.15) is 11.6 Å². The number of para-hydroxylation sites is 2. The molecule has 4 aliphatic heterocycles. The minimum absolute atomic E-state index is 0.150. The van der Waals surface area contributed by atoms with Gasteiger partial charge in [-0.05, 0) is 36.6 Å². The molecule has 6 atom stereocenters. The Kier molecular flexibility index (Phi) is 7.26. The first-order chi connectivity index (χ1) is 19.8. The number of halogens is 1. The number of amides is 3. The zero-order chi connectivity index (χ0) is 28.9. The summed E-state index contributed by atoms with van der Waals surface area (Å²) in [4.78, 5) is 48.1. The van der Waals surface area contributed by atoms with Gasteiger partial charge in [-0.1, -0.05) is 80.1 Å². The van der Waals surface area contributed by atoms with Crippen LogP contribution in [-0.2, 0) is 19.1 Å². The summed E-state index contributed by atoms with van der Waals surface area (Å²) in [6.07, 6.45) is 7.18. The van der Waals surface area contributed by atoms with Crippen molar-refractivity contribution >= 4 is 40.7 Å². The van der Waals surface area contributed by atoms with Crippen LogP contribution < -0.4 is 9.80 Å². The van der Waals surface area contributed by atoms with Crippen LogP contribution in [0.15, 0.2) is 78.9 Å². The van der Waals surface area contributed by atoms with Gasteiger partial charge in [0.05, 0.1) is 41.3 Å². The van der Waals surface area contributed by atoms with Crippen LogP contribution in [0.2, 0.25) is 5.02 Å². The lowest BCUT2D eigenvalue weighted by Gasteiger charge is -2.39. The second-order valence-corrected chi connectivity index (χ2v) is 12.0. The fourth-order valence-corrected chi connectivity index (χ4v) is 7.25. The fourth-order valence-electron chi connectivity index (χ4n) is 7.02. The molecule has 1 unspecified atom stereocenters. The van der Waals surface area contributed by atoms with Crippen molar-refractivity contribution in [2.75, 3.05) is 29.5 Å². The molecule has 0 saturated carbocycles. The van der Waals surface area contributed by atoms with Gasteiger partial charge in [0.2, 0.25) is 11.8 Å². The maximum atomic E-state index is 14.6. The minimum Gasteiger partial charge on any atom is -0.394 e. The van der Waals surface area contributed by atoms with E-state index in [1.54, 1.807) is 40.1 Å². The third-order valence-corrected chi connectivity index (χ3v) is 8.97. The van der Waals surface area contributed by atoms with Gasteiger partial charge in [0.15, 0.2) is 0 Å². The third kappa shape index (κ3) is 4.40. The molecule has 41 heavy (non-hydrogen) atoms. The third-order valence-electron chi connectivity index (χ3n) is 8.66. The Balaban J connectivity index is 1.48. The Morgan fingerprint density at radius 3 is 2.37 bits per heavy atom. The van der Waals surface area contributed by atoms with Gasteiger partial charge in [-0.25, -0.2) is 0 Å². The predicted octanol–water partition coefficient (Wildman–Crippen LogP) is 3.83. The molecule has 0 radical (unpaired) electrons. The van der Waals surface area contributed by atoms with Gasteiger partial charge in [-0.2, -0.15) is 0 Å². The van der Waals surface area contributed by atoms with E-state index >= 15 is 0 Å².